The summed E-state index contributed by atoms with van der Waals surface area (Å²) in [5, 5.41) is 5.97. The number of rotatable bonds is 8. The first-order valence-electron chi connectivity index (χ1n) is 9.85. The molecule has 1 N–H and O–H groups in total. The monoisotopic (exact) mass is 493 g/mol. The lowest BCUT2D eigenvalue weighted by Gasteiger charge is -2.10. The van der Waals surface area contributed by atoms with Crippen molar-refractivity contribution in [3.63, 3.8) is 0 Å². The number of ether oxygens (including phenoxy) is 1. The zero-order chi connectivity index (χ0) is 23.4. The maximum atomic E-state index is 13.2. The molecule has 3 aromatic rings. The van der Waals surface area contributed by atoms with Gasteiger partial charge in [0.2, 0.25) is 0 Å². The van der Waals surface area contributed by atoms with Gasteiger partial charge in [0.25, 0.3) is 5.91 Å². The number of anilines is 1. The van der Waals surface area contributed by atoms with Crippen LogP contribution in [-0.2, 0) is 37.0 Å². The number of sulfone groups is 1. The second-order valence-electron chi connectivity index (χ2n) is 7.19. The standard InChI is InChI=1S/C20H20FN5O5S2/c1-26-8-7-22-17(26)12-33(28,29)15-4-2-13(3-5-15)18(25-31-14-6-9-30-11-14)19(27)24-20-23-10-16(21)32-20/h2-5,7-8,10,14H,6,9,11-12H2,1H3,(H,23,24,27)/t14-/m1/s1. The molecule has 33 heavy (non-hydrogen) atoms. The van der Waals surface area contributed by atoms with Gasteiger partial charge in [-0.2, -0.15) is 4.39 Å². The Labute approximate surface area is 193 Å². The number of aryl methyl sites for hydroxylation is 1. The molecule has 0 radical (unpaired) electrons. The highest BCUT2D eigenvalue weighted by Crippen LogP contribution is 2.19. The molecule has 4 rings (SSSR count). The average molecular weight is 494 g/mol. The van der Waals surface area contributed by atoms with E-state index in [4.69, 9.17) is 9.57 Å². The Morgan fingerprint density at radius 1 is 1.36 bits per heavy atom. The molecule has 0 saturated carbocycles. The smallest absolute Gasteiger partial charge is 0.280 e. The van der Waals surface area contributed by atoms with Crippen molar-refractivity contribution >= 4 is 37.9 Å². The zero-order valence-electron chi connectivity index (χ0n) is 17.5. The number of carbonyl (C=O) groups excluding carboxylic acids is 1. The summed E-state index contributed by atoms with van der Waals surface area (Å²) in [6.45, 7) is 0.878. The first kappa shape index (κ1) is 23.0. The van der Waals surface area contributed by atoms with E-state index in [2.05, 4.69) is 20.4 Å². The molecular weight excluding hydrogens is 473 g/mol. The van der Waals surface area contributed by atoms with Gasteiger partial charge in [0.15, 0.2) is 31.9 Å². The molecule has 10 nitrogen and oxygen atoms in total. The second kappa shape index (κ2) is 9.77. The van der Waals surface area contributed by atoms with Gasteiger partial charge in [0.05, 0.1) is 24.3 Å². The Balaban J connectivity index is 1.57. The van der Waals surface area contributed by atoms with E-state index in [0.29, 0.717) is 42.4 Å². The molecule has 1 aliphatic rings. The lowest BCUT2D eigenvalue weighted by molar-refractivity contribution is -0.110. The highest BCUT2D eigenvalue weighted by atomic mass is 32.2. The van der Waals surface area contributed by atoms with Crippen LogP contribution in [0, 0.1) is 5.13 Å². The predicted octanol–water partition coefficient (Wildman–Crippen LogP) is 2.14. The van der Waals surface area contributed by atoms with Crippen molar-refractivity contribution in [3.8, 4) is 0 Å². The SMILES string of the molecule is Cn1ccnc1CS(=O)(=O)c1ccc(C(=NO[C@@H]2CCOC2)C(=O)Nc2ncc(F)s2)cc1. The molecule has 174 valence electrons. The van der Waals surface area contributed by atoms with Crippen LogP contribution in [-0.4, -0.2) is 53.9 Å². The Hall–Kier alpha value is -3.16. The van der Waals surface area contributed by atoms with Crippen molar-refractivity contribution in [1.29, 1.82) is 0 Å². The van der Waals surface area contributed by atoms with Crippen LogP contribution in [0.3, 0.4) is 0 Å². The summed E-state index contributed by atoms with van der Waals surface area (Å²) < 4.78 is 45.6. The third kappa shape index (κ3) is 5.61. The fraction of sp³-hybridized carbons (Fsp3) is 0.300. The van der Waals surface area contributed by atoms with Gasteiger partial charge in [-0.1, -0.05) is 28.6 Å². The molecule has 0 aliphatic carbocycles. The third-order valence-corrected chi connectivity index (χ3v) is 7.15. The van der Waals surface area contributed by atoms with Gasteiger partial charge in [-0.3, -0.25) is 10.1 Å². The van der Waals surface area contributed by atoms with E-state index in [0.717, 1.165) is 6.20 Å². The number of hydrogen-bond acceptors (Lipinski definition) is 9. The molecule has 0 unspecified atom stereocenters. The van der Waals surface area contributed by atoms with E-state index in [1.807, 2.05) is 0 Å². The Kier molecular flexibility index (Phi) is 6.81. The first-order chi connectivity index (χ1) is 15.8. The Morgan fingerprint density at radius 2 is 2.15 bits per heavy atom. The summed E-state index contributed by atoms with van der Waals surface area (Å²) in [5.41, 5.74) is 0.213. The summed E-state index contributed by atoms with van der Waals surface area (Å²) in [4.78, 5) is 26.2. The lowest BCUT2D eigenvalue weighted by Crippen LogP contribution is -2.25. The van der Waals surface area contributed by atoms with Gasteiger partial charge in [-0.15, -0.1) is 0 Å². The molecule has 1 saturated heterocycles. The highest BCUT2D eigenvalue weighted by Gasteiger charge is 2.23. The number of carbonyl (C=O) groups is 1. The normalized spacial score (nSPS) is 16.7. The number of halogens is 1. The predicted molar refractivity (Wildman–Crippen MR) is 118 cm³/mol. The molecule has 1 atom stereocenters. The maximum absolute atomic E-state index is 13.2. The van der Waals surface area contributed by atoms with Crippen LogP contribution in [0.15, 0.2) is 52.9 Å². The van der Waals surface area contributed by atoms with E-state index in [-0.39, 0.29) is 27.6 Å². The van der Waals surface area contributed by atoms with E-state index >= 15 is 0 Å². The van der Waals surface area contributed by atoms with Crippen molar-refractivity contribution in [2.45, 2.75) is 23.2 Å². The lowest BCUT2D eigenvalue weighted by atomic mass is 10.1. The molecule has 1 fully saturated rings. The summed E-state index contributed by atoms with van der Waals surface area (Å²) >= 11 is 0.668. The number of nitrogens with zero attached hydrogens (tertiary/aromatic N) is 4. The maximum Gasteiger partial charge on any atom is 0.280 e. The minimum Gasteiger partial charge on any atom is -0.389 e. The minimum absolute atomic E-state index is 0.0589. The third-order valence-electron chi connectivity index (χ3n) is 4.82. The van der Waals surface area contributed by atoms with Crippen molar-refractivity contribution in [1.82, 2.24) is 14.5 Å². The van der Waals surface area contributed by atoms with Crippen LogP contribution in [0.5, 0.6) is 0 Å². The molecular formula is C20H20FN5O5S2. The molecule has 0 bridgehead atoms. The zero-order valence-corrected chi connectivity index (χ0v) is 19.1. The van der Waals surface area contributed by atoms with E-state index in [1.54, 1.807) is 17.8 Å². The number of nitrogens with one attached hydrogen (secondary N) is 1. The minimum atomic E-state index is -3.66. The Morgan fingerprint density at radius 3 is 2.76 bits per heavy atom. The second-order valence-corrected chi connectivity index (χ2v) is 10.2. The van der Waals surface area contributed by atoms with Crippen molar-refractivity contribution in [3.05, 3.63) is 59.4 Å². The molecule has 13 heteroatoms. The number of thiazole rings is 1. The molecule has 1 aromatic carbocycles. The number of amides is 1. The van der Waals surface area contributed by atoms with Gasteiger partial charge in [-0.05, 0) is 12.1 Å². The van der Waals surface area contributed by atoms with Gasteiger partial charge < -0.3 is 14.1 Å². The van der Waals surface area contributed by atoms with Crippen LogP contribution in [0.25, 0.3) is 0 Å². The van der Waals surface area contributed by atoms with Crippen molar-refractivity contribution < 1.29 is 27.2 Å². The van der Waals surface area contributed by atoms with Gasteiger partial charge >= 0.3 is 0 Å². The number of aromatic nitrogens is 3. The molecule has 3 heterocycles. The number of oxime groups is 1. The topological polar surface area (TPSA) is 125 Å². The van der Waals surface area contributed by atoms with E-state index < -0.39 is 20.9 Å². The summed E-state index contributed by atoms with van der Waals surface area (Å²) in [6, 6.07) is 5.69. The average Bonchev–Trinajstić information content (AvgIpc) is 3.53. The Bertz CT molecular complexity index is 1260. The first-order valence-corrected chi connectivity index (χ1v) is 12.3. The van der Waals surface area contributed by atoms with E-state index in [9.17, 15) is 17.6 Å². The number of benzene rings is 1. The fourth-order valence-electron chi connectivity index (χ4n) is 3.03. The van der Waals surface area contributed by atoms with Gasteiger partial charge in [0, 0.05) is 31.4 Å². The summed E-state index contributed by atoms with van der Waals surface area (Å²) in [7, 11) is -1.95. The summed E-state index contributed by atoms with van der Waals surface area (Å²) in [6.07, 6.45) is 4.51. The largest absolute Gasteiger partial charge is 0.389 e. The van der Waals surface area contributed by atoms with Crippen LogP contribution >= 0.6 is 11.3 Å². The number of hydrogen-bond donors (Lipinski definition) is 1. The molecule has 1 amide bonds. The quantitative estimate of drug-likeness (QED) is 0.376. The van der Waals surface area contributed by atoms with Crippen molar-refractivity contribution in [2.24, 2.45) is 12.2 Å². The fourth-order valence-corrected chi connectivity index (χ4v) is 4.90. The van der Waals surface area contributed by atoms with Crippen LogP contribution < -0.4 is 5.32 Å². The molecule has 1 aliphatic heterocycles. The molecule has 0 spiro atoms. The van der Waals surface area contributed by atoms with Crippen LogP contribution in [0.4, 0.5) is 9.52 Å². The van der Waals surface area contributed by atoms with Crippen LogP contribution in [0.2, 0.25) is 0 Å². The summed E-state index contributed by atoms with van der Waals surface area (Å²) in [5.74, 6) is -0.534. The van der Waals surface area contributed by atoms with E-state index in [1.165, 1.54) is 30.5 Å². The highest BCUT2D eigenvalue weighted by molar-refractivity contribution is 7.90. The number of imidazole rings is 1. The molecule has 2 aromatic heterocycles. The van der Waals surface area contributed by atoms with Gasteiger partial charge in [-0.25, -0.2) is 18.4 Å². The van der Waals surface area contributed by atoms with Gasteiger partial charge in [0.1, 0.15) is 11.6 Å². The van der Waals surface area contributed by atoms with Crippen LogP contribution in [0.1, 0.15) is 17.8 Å². The van der Waals surface area contributed by atoms with Crippen molar-refractivity contribution in [2.75, 3.05) is 18.5 Å².